The van der Waals surface area contributed by atoms with Crippen molar-refractivity contribution in [2.45, 2.75) is 38.8 Å². The quantitative estimate of drug-likeness (QED) is 0.653. The summed E-state index contributed by atoms with van der Waals surface area (Å²) in [5, 5.41) is 3.18. The zero-order chi connectivity index (χ0) is 14.3. The third-order valence-corrected chi connectivity index (χ3v) is 3.86. The lowest BCUT2D eigenvalue weighted by molar-refractivity contribution is -0.143. The predicted molar refractivity (Wildman–Crippen MR) is 77.2 cm³/mol. The van der Waals surface area contributed by atoms with Crippen molar-refractivity contribution < 1.29 is 9.53 Å². The van der Waals surface area contributed by atoms with Crippen LogP contribution in [-0.4, -0.2) is 74.7 Å². The number of nitrogens with zero attached hydrogens (tertiary/aromatic N) is 2. The van der Waals surface area contributed by atoms with E-state index in [0.717, 1.165) is 19.6 Å². The lowest BCUT2D eigenvalue weighted by atomic mass is 10.2. The Morgan fingerprint density at radius 3 is 2.84 bits per heavy atom. The minimum atomic E-state index is -0.225. The molecule has 0 spiro atoms. The second-order valence-electron chi connectivity index (χ2n) is 5.28. The van der Waals surface area contributed by atoms with Crippen LogP contribution < -0.4 is 5.32 Å². The molecule has 1 rings (SSSR count). The zero-order valence-electron chi connectivity index (χ0n) is 12.8. The van der Waals surface area contributed by atoms with Crippen molar-refractivity contribution in [1.29, 1.82) is 0 Å². The van der Waals surface area contributed by atoms with Crippen LogP contribution in [0.5, 0.6) is 0 Å². The summed E-state index contributed by atoms with van der Waals surface area (Å²) in [6.45, 7) is 9.05. The predicted octanol–water partition coefficient (Wildman–Crippen LogP) is 0.554. The summed E-state index contributed by atoms with van der Waals surface area (Å²) in [5.41, 5.74) is 0. The van der Waals surface area contributed by atoms with E-state index in [4.69, 9.17) is 4.74 Å². The molecule has 1 aliphatic heterocycles. The van der Waals surface area contributed by atoms with E-state index < -0.39 is 0 Å². The number of likely N-dealkylation sites (tertiary alicyclic amines) is 1. The first kappa shape index (κ1) is 16.4. The molecule has 0 aromatic carbocycles. The van der Waals surface area contributed by atoms with Gasteiger partial charge in [-0.3, -0.25) is 9.69 Å². The summed E-state index contributed by atoms with van der Waals surface area (Å²) in [5.74, 6) is -0.174. The number of likely N-dealkylation sites (N-methyl/N-ethyl adjacent to an activating group) is 3. The van der Waals surface area contributed by atoms with Crippen LogP contribution in [0.15, 0.2) is 0 Å². The maximum atomic E-state index is 11.7. The molecule has 0 radical (unpaired) electrons. The molecular formula is C14H29N3O2. The van der Waals surface area contributed by atoms with Gasteiger partial charge in [0.2, 0.25) is 0 Å². The standard InChI is InChI=1S/C14H29N3O2/c1-5-15-13(14(18)19-4)11-16(3)10-12-8-7-9-17(12)6-2/h12-13,15H,5-11H2,1-4H3. The molecule has 0 aromatic heterocycles. The fourth-order valence-electron chi connectivity index (χ4n) is 2.88. The lowest BCUT2D eigenvalue weighted by Gasteiger charge is -2.29. The maximum Gasteiger partial charge on any atom is 0.324 e. The molecule has 0 amide bonds. The Hall–Kier alpha value is -0.650. The van der Waals surface area contributed by atoms with E-state index in [1.807, 2.05) is 6.92 Å². The van der Waals surface area contributed by atoms with Gasteiger partial charge < -0.3 is 15.0 Å². The Morgan fingerprint density at radius 2 is 2.26 bits per heavy atom. The van der Waals surface area contributed by atoms with E-state index in [1.165, 1.54) is 26.5 Å². The highest BCUT2D eigenvalue weighted by Crippen LogP contribution is 2.17. The zero-order valence-corrected chi connectivity index (χ0v) is 12.8. The first-order valence-electron chi connectivity index (χ1n) is 7.36. The smallest absolute Gasteiger partial charge is 0.324 e. The number of hydrogen-bond donors (Lipinski definition) is 1. The van der Waals surface area contributed by atoms with Gasteiger partial charge in [0.05, 0.1) is 7.11 Å². The van der Waals surface area contributed by atoms with Crippen molar-refractivity contribution in [2.24, 2.45) is 0 Å². The highest BCUT2D eigenvalue weighted by Gasteiger charge is 2.26. The average molecular weight is 271 g/mol. The first-order chi connectivity index (χ1) is 9.12. The third kappa shape index (κ3) is 5.09. The Labute approximate surface area is 117 Å². The van der Waals surface area contributed by atoms with Crippen molar-refractivity contribution in [3.63, 3.8) is 0 Å². The minimum Gasteiger partial charge on any atom is -0.468 e. The number of rotatable bonds is 8. The highest BCUT2D eigenvalue weighted by atomic mass is 16.5. The maximum absolute atomic E-state index is 11.7. The Balaban J connectivity index is 2.43. The van der Waals surface area contributed by atoms with E-state index in [1.54, 1.807) is 0 Å². The lowest BCUT2D eigenvalue weighted by Crippen LogP contribution is -2.48. The molecule has 5 nitrogen and oxygen atoms in total. The molecule has 1 heterocycles. The van der Waals surface area contributed by atoms with Gasteiger partial charge in [-0.15, -0.1) is 0 Å². The van der Waals surface area contributed by atoms with Gasteiger partial charge in [0.25, 0.3) is 0 Å². The minimum absolute atomic E-state index is 0.174. The molecule has 5 heteroatoms. The fourth-order valence-corrected chi connectivity index (χ4v) is 2.88. The summed E-state index contributed by atoms with van der Waals surface area (Å²) in [6.07, 6.45) is 2.56. The summed E-state index contributed by atoms with van der Waals surface area (Å²) in [4.78, 5) is 16.4. The molecule has 0 aromatic rings. The van der Waals surface area contributed by atoms with Crippen molar-refractivity contribution in [2.75, 3.05) is 46.9 Å². The van der Waals surface area contributed by atoms with Crippen molar-refractivity contribution in [3.8, 4) is 0 Å². The number of carbonyl (C=O) groups excluding carboxylic acids is 1. The normalized spacial score (nSPS) is 21.8. The van der Waals surface area contributed by atoms with E-state index >= 15 is 0 Å². The SMILES string of the molecule is CCNC(CN(C)CC1CCCN1CC)C(=O)OC. The molecule has 2 unspecified atom stereocenters. The van der Waals surface area contributed by atoms with E-state index in [2.05, 4.69) is 29.1 Å². The van der Waals surface area contributed by atoms with Crippen molar-refractivity contribution >= 4 is 5.97 Å². The second-order valence-corrected chi connectivity index (χ2v) is 5.28. The molecule has 19 heavy (non-hydrogen) atoms. The van der Waals surface area contributed by atoms with Gasteiger partial charge in [0, 0.05) is 19.1 Å². The molecule has 1 fully saturated rings. The summed E-state index contributed by atoms with van der Waals surface area (Å²) < 4.78 is 4.84. The Bertz CT molecular complexity index is 273. The monoisotopic (exact) mass is 271 g/mol. The first-order valence-corrected chi connectivity index (χ1v) is 7.36. The van der Waals surface area contributed by atoms with Crippen LogP contribution in [0.25, 0.3) is 0 Å². The molecule has 1 saturated heterocycles. The van der Waals surface area contributed by atoms with Crippen LogP contribution in [0.3, 0.4) is 0 Å². The largest absolute Gasteiger partial charge is 0.468 e. The number of ether oxygens (including phenoxy) is 1. The molecule has 0 saturated carbocycles. The van der Waals surface area contributed by atoms with Gasteiger partial charge >= 0.3 is 5.97 Å². The summed E-state index contributed by atoms with van der Waals surface area (Å²) in [6, 6.07) is 0.409. The molecule has 112 valence electrons. The van der Waals surface area contributed by atoms with Crippen LogP contribution in [0.4, 0.5) is 0 Å². The van der Waals surface area contributed by atoms with Gasteiger partial charge in [-0.2, -0.15) is 0 Å². The third-order valence-electron chi connectivity index (χ3n) is 3.86. The van der Waals surface area contributed by atoms with Crippen molar-refractivity contribution in [1.82, 2.24) is 15.1 Å². The molecule has 0 bridgehead atoms. The Morgan fingerprint density at radius 1 is 1.53 bits per heavy atom. The van der Waals surface area contributed by atoms with Gasteiger partial charge in [0.1, 0.15) is 6.04 Å². The fraction of sp³-hybridized carbons (Fsp3) is 0.929. The van der Waals surface area contributed by atoms with Gasteiger partial charge in [-0.1, -0.05) is 13.8 Å². The topological polar surface area (TPSA) is 44.8 Å². The molecule has 2 atom stereocenters. The van der Waals surface area contributed by atoms with Crippen LogP contribution in [0.1, 0.15) is 26.7 Å². The highest BCUT2D eigenvalue weighted by molar-refractivity contribution is 5.75. The molecule has 1 N–H and O–H groups in total. The molecule has 0 aliphatic carbocycles. The second kappa shape index (κ2) is 8.51. The number of nitrogens with one attached hydrogen (secondary N) is 1. The van der Waals surface area contributed by atoms with E-state index in [0.29, 0.717) is 12.6 Å². The molecular weight excluding hydrogens is 242 g/mol. The van der Waals surface area contributed by atoms with Gasteiger partial charge in [0.15, 0.2) is 0 Å². The number of hydrogen-bond acceptors (Lipinski definition) is 5. The van der Waals surface area contributed by atoms with Crippen LogP contribution >= 0.6 is 0 Å². The van der Waals surface area contributed by atoms with Crippen LogP contribution in [0.2, 0.25) is 0 Å². The Kier molecular flexibility index (Phi) is 7.34. The number of methoxy groups -OCH3 is 1. The van der Waals surface area contributed by atoms with Gasteiger partial charge in [-0.05, 0) is 39.5 Å². The summed E-state index contributed by atoms with van der Waals surface area (Å²) >= 11 is 0. The van der Waals surface area contributed by atoms with Gasteiger partial charge in [-0.25, -0.2) is 0 Å². The van der Waals surface area contributed by atoms with Crippen molar-refractivity contribution in [3.05, 3.63) is 0 Å². The molecule has 1 aliphatic rings. The van der Waals surface area contributed by atoms with Crippen LogP contribution in [-0.2, 0) is 9.53 Å². The van der Waals surface area contributed by atoms with E-state index in [-0.39, 0.29) is 12.0 Å². The number of esters is 1. The van der Waals surface area contributed by atoms with Crippen LogP contribution in [0, 0.1) is 0 Å². The number of carbonyl (C=O) groups is 1. The summed E-state index contributed by atoms with van der Waals surface area (Å²) in [7, 11) is 3.53. The van der Waals surface area contributed by atoms with E-state index in [9.17, 15) is 4.79 Å². The average Bonchev–Trinajstić information content (AvgIpc) is 2.84.